The third-order valence-corrected chi connectivity index (χ3v) is 4.95. The number of nitrogens with zero attached hydrogens (tertiary/aromatic N) is 3. The molecule has 0 bridgehead atoms. The van der Waals surface area contributed by atoms with Crippen molar-refractivity contribution in [2.75, 3.05) is 0 Å². The second-order valence-electron chi connectivity index (χ2n) is 6.64. The lowest BCUT2D eigenvalue weighted by Crippen LogP contribution is -2.38. The molecule has 2 atom stereocenters. The molecule has 1 aliphatic carbocycles. The summed E-state index contributed by atoms with van der Waals surface area (Å²) in [6.07, 6.45) is 12.9. The fourth-order valence-corrected chi connectivity index (χ4v) is 3.63. The first kappa shape index (κ1) is 15.7. The van der Waals surface area contributed by atoms with Crippen molar-refractivity contribution < 1.29 is 4.79 Å². The van der Waals surface area contributed by atoms with Crippen LogP contribution in [0, 0.1) is 0 Å². The minimum Gasteiger partial charge on any atom is -0.350 e. The summed E-state index contributed by atoms with van der Waals surface area (Å²) in [4.78, 5) is 16.7. The van der Waals surface area contributed by atoms with E-state index >= 15 is 0 Å². The van der Waals surface area contributed by atoms with Gasteiger partial charge in [0.25, 0.3) is 5.91 Å². The maximum absolute atomic E-state index is 12.6. The van der Waals surface area contributed by atoms with E-state index < -0.39 is 0 Å². The van der Waals surface area contributed by atoms with E-state index in [1.54, 1.807) is 6.20 Å². The predicted molar refractivity (Wildman–Crippen MR) is 96.3 cm³/mol. The molecule has 1 N–H and O–H groups in total. The molecule has 0 spiro atoms. The molecule has 5 nitrogen and oxygen atoms in total. The molecule has 2 aromatic heterocycles. The average molecular weight is 334 g/mol. The molecular weight excluding hydrogens is 312 g/mol. The summed E-state index contributed by atoms with van der Waals surface area (Å²) in [5.41, 5.74) is 1.90. The Morgan fingerprint density at radius 2 is 1.92 bits per heavy atom. The highest BCUT2D eigenvalue weighted by Crippen LogP contribution is 2.30. The summed E-state index contributed by atoms with van der Waals surface area (Å²) in [5.74, 6) is 0.00419. The van der Waals surface area contributed by atoms with Crippen LogP contribution in [0.5, 0.6) is 0 Å². The number of hydrogen-bond acceptors (Lipinski definition) is 2. The normalized spacial score (nSPS) is 19.8. The number of benzene rings is 1. The second-order valence-corrected chi connectivity index (χ2v) is 6.64. The Labute approximate surface area is 147 Å². The van der Waals surface area contributed by atoms with Gasteiger partial charge >= 0.3 is 0 Å². The van der Waals surface area contributed by atoms with Gasteiger partial charge in [0.05, 0.1) is 12.4 Å². The molecule has 25 heavy (non-hydrogen) atoms. The molecule has 3 aromatic rings. The Kier molecular flexibility index (Phi) is 4.37. The Hall–Kier alpha value is -2.82. The lowest BCUT2D eigenvalue weighted by molar-refractivity contribution is 0.0929. The molecule has 5 heteroatoms. The average Bonchev–Trinajstić information content (AvgIpc) is 3.38. The summed E-state index contributed by atoms with van der Waals surface area (Å²) in [6, 6.07) is 12.4. The van der Waals surface area contributed by atoms with E-state index in [1.807, 2.05) is 61.3 Å². The maximum Gasteiger partial charge on any atom is 0.251 e. The van der Waals surface area contributed by atoms with Gasteiger partial charge in [-0.1, -0.05) is 12.1 Å². The zero-order valence-corrected chi connectivity index (χ0v) is 14.1. The molecule has 0 saturated heterocycles. The van der Waals surface area contributed by atoms with Crippen LogP contribution < -0.4 is 5.32 Å². The predicted octanol–water partition coefficient (Wildman–Crippen LogP) is 3.26. The van der Waals surface area contributed by atoms with Crippen LogP contribution in [0.1, 0.15) is 41.2 Å². The summed E-state index contributed by atoms with van der Waals surface area (Å²) >= 11 is 0. The number of amides is 1. The number of nitrogens with one attached hydrogen (secondary N) is 1. The van der Waals surface area contributed by atoms with Gasteiger partial charge in [-0.05, 0) is 49.1 Å². The first-order chi connectivity index (χ1) is 12.3. The summed E-state index contributed by atoms with van der Waals surface area (Å²) in [6.45, 7) is 0.820. The van der Waals surface area contributed by atoms with Gasteiger partial charge in [-0.2, -0.15) is 0 Å². The molecule has 0 radical (unpaired) electrons. The Morgan fingerprint density at radius 3 is 2.64 bits per heavy atom. The molecule has 4 rings (SSSR count). The molecule has 2 heterocycles. The number of carbonyl (C=O) groups excluding carboxylic acids is 1. The minimum absolute atomic E-state index is 0.00419. The Morgan fingerprint density at radius 1 is 1.12 bits per heavy atom. The third-order valence-electron chi connectivity index (χ3n) is 4.95. The van der Waals surface area contributed by atoms with Gasteiger partial charge in [0.1, 0.15) is 0 Å². The van der Waals surface area contributed by atoms with Crippen LogP contribution in [0.3, 0.4) is 0 Å². The van der Waals surface area contributed by atoms with Gasteiger partial charge in [-0.3, -0.25) is 4.79 Å². The molecular formula is C20H22N4O. The highest BCUT2D eigenvalue weighted by molar-refractivity contribution is 5.94. The SMILES string of the molecule is O=C(NC1CCCC1n1ccnc1)c1ccc(Cn2cccc2)cc1. The van der Waals surface area contributed by atoms with E-state index in [9.17, 15) is 4.79 Å². The van der Waals surface area contributed by atoms with Crippen LogP contribution in [0.15, 0.2) is 67.5 Å². The number of carbonyl (C=O) groups is 1. The van der Waals surface area contributed by atoms with Gasteiger partial charge in [0.2, 0.25) is 0 Å². The van der Waals surface area contributed by atoms with Crippen molar-refractivity contribution in [2.45, 2.75) is 37.9 Å². The Bertz CT molecular complexity index is 806. The van der Waals surface area contributed by atoms with Crippen LogP contribution in [-0.2, 0) is 6.54 Å². The summed E-state index contributed by atoms with van der Waals surface area (Å²) < 4.78 is 4.22. The molecule has 1 fully saturated rings. The van der Waals surface area contributed by atoms with E-state index in [0.29, 0.717) is 11.6 Å². The standard InChI is InChI=1S/C20H22N4O/c25-20(22-18-4-3-5-19(18)24-13-10-21-15-24)17-8-6-16(7-9-17)14-23-11-1-2-12-23/h1-2,6-13,15,18-19H,3-5,14H2,(H,22,25). The largest absolute Gasteiger partial charge is 0.350 e. The van der Waals surface area contributed by atoms with E-state index in [0.717, 1.165) is 25.8 Å². The molecule has 1 aromatic carbocycles. The van der Waals surface area contributed by atoms with Gasteiger partial charge < -0.3 is 14.5 Å². The summed E-state index contributed by atoms with van der Waals surface area (Å²) in [7, 11) is 0. The molecule has 1 saturated carbocycles. The molecule has 0 aliphatic heterocycles. The first-order valence-corrected chi connectivity index (χ1v) is 8.77. The number of imidazole rings is 1. The first-order valence-electron chi connectivity index (χ1n) is 8.77. The molecule has 2 unspecified atom stereocenters. The monoisotopic (exact) mass is 334 g/mol. The van der Waals surface area contributed by atoms with Crippen LogP contribution in [0.2, 0.25) is 0 Å². The second kappa shape index (κ2) is 6.97. The third kappa shape index (κ3) is 3.50. The molecule has 1 aliphatic rings. The lowest BCUT2D eigenvalue weighted by atomic mass is 10.1. The van der Waals surface area contributed by atoms with Crippen LogP contribution in [0.25, 0.3) is 0 Å². The van der Waals surface area contributed by atoms with E-state index in [1.165, 1.54) is 5.56 Å². The highest BCUT2D eigenvalue weighted by atomic mass is 16.1. The maximum atomic E-state index is 12.6. The lowest BCUT2D eigenvalue weighted by Gasteiger charge is -2.22. The van der Waals surface area contributed by atoms with Crippen molar-refractivity contribution in [2.24, 2.45) is 0 Å². The van der Waals surface area contributed by atoms with Crippen molar-refractivity contribution in [3.63, 3.8) is 0 Å². The fraction of sp³-hybridized carbons (Fsp3) is 0.300. The minimum atomic E-state index is 0.00419. The van der Waals surface area contributed by atoms with E-state index in [4.69, 9.17) is 0 Å². The number of hydrogen-bond donors (Lipinski definition) is 1. The number of aromatic nitrogens is 3. The van der Waals surface area contributed by atoms with Gasteiger partial charge in [-0.25, -0.2) is 4.98 Å². The molecule has 128 valence electrons. The van der Waals surface area contributed by atoms with Crippen molar-refractivity contribution in [1.82, 2.24) is 19.4 Å². The van der Waals surface area contributed by atoms with Crippen molar-refractivity contribution in [1.29, 1.82) is 0 Å². The fourth-order valence-electron chi connectivity index (χ4n) is 3.63. The highest BCUT2D eigenvalue weighted by Gasteiger charge is 2.29. The zero-order chi connectivity index (χ0) is 17.1. The van der Waals surface area contributed by atoms with Gasteiger partial charge in [-0.15, -0.1) is 0 Å². The van der Waals surface area contributed by atoms with Gasteiger partial charge in [0, 0.05) is 42.9 Å². The van der Waals surface area contributed by atoms with Crippen LogP contribution in [-0.4, -0.2) is 26.1 Å². The quantitative estimate of drug-likeness (QED) is 0.779. The zero-order valence-electron chi connectivity index (χ0n) is 14.1. The number of rotatable bonds is 5. The smallest absolute Gasteiger partial charge is 0.251 e. The molecule has 1 amide bonds. The topological polar surface area (TPSA) is 51.9 Å². The van der Waals surface area contributed by atoms with E-state index in [2.05, 4.69) is 19.4 Å². The van der Waals surface area contributed by atoms with Crippen molar-refractivity contribution in [3.8, 4) is 0 Å². The Balaban J connectivity index is 1.40. The van der Waals surface area contributed by atoms with Crippen molar-refractivity contribution >= 4 is 5.91 Å². The van der Waals surface area contributed by atoms with Crippen molar-refractivity contribution in [3.05, 3.63) is 78.6 Å². The van der Waals surface area contributed by atoms with E-state index in [-0.39, 0.29) is 11.9 Å². The summed E-state index contributed by atoms with van der Waals surface area (Å²) in [5, 5.41) is 3.21. The van der Waals surface area contributed by atoms with Crippen LogP contribution >= 0.6 is 0 Å². The van der Waals surface area contributed by atoms with Crippen LogP contribution in [0.4, 0.5) is 0 Å². The van der Waals surface area contributed by atoms with Gasteiger partial charge in [0.15, 0.2) is 0 Å².